The first-order chi connectivity index (χ1) is 7.62. The number of anilines is 1. The molecule has 90 valence electrons. The van der Waals surface area contributed by atoms with E-state index < -0.39 is 0 Å². The molecule has 0 fully saturated rings. The SMILES string of the molecule is CCc1nn(C)cc1NC(CC)C(=O)OC. The van der Waals surface area contributed by atoms with Crippen LogP contribution in [0.4, 0.5) is 5.69 Å². The lowest BCUT2D eigenvalue weighted by Crippen LogP contribution is -2.30. The van der Waals surface area contributed by atoms with Crippen LogP contribution >= 0.6 is 0 Å². The van der Waals surface area contributed by atoms with E-state index >= 15 is 0 Å². The summed E-state index contributed by atoms with van der Waals surface area (Å²) in [6.07, 6.45) is 3.40. The van der Waals surface area contributed by atoms with Crippen molar-refractivity contribution in [2.24, 2.45) is 7.05 Å². The molecule has 5 heteroatoms. The van der Waals surface area contributed by atoms with E-state index in [1.165, 1.54) is 7.11 Å². The van der Waals surface area contributed by atoms with Crippen molar-refractivity contribution in [2.75, 3.05) is 12.4 Å². The number of esters is 1. The molecule has 0 saturated carbocycles. The third-order valence-electron chi connectivity index (χ3n) is 2.46. The van der Waals surface area contributed by atoms with Gasteiger partial charge in [0.05, 0.1) is 18.5 Å². The average molecular weight is 225 g/mol. The molecular formula is C11H19N3O2. The molecule has 0 amide bonds. The van der Waals surface area contributed by atoms with Crippen LogP contribution in [0.1, 0.15) is 26.0 Å². The number of carbonyl (C=O) groups excluding carboxylic acids is 1. The summed E-state index contributed by atoms with van der Waals surface area (Å²) >= 11 is 0. The largest absolute Gasteiger partial charge is 0.467 e. The molecule has 1 aromatic heterocycles. The lowest BCUT2D eigenvalue weighted by atomic mass is 10.2. The van der Waals surface area contributed by atoms with Gasteiger partial charge in [0.2, 0.25) is 0 Å². The molecule has 0 radical (unpaired) electrons. The van der Waals surface area contributed by atoms with E-state index in [1.54, 1.807) is 4.68 Å². The van der Waals surface area contributed by atoms with Gasteiger partial charge in [0.1, 0.15) is 6.04 Å². The maximum Gasteiger partial charge on any atom is 0.328 e. The Hall–Kier alpha value is -1.52. The predicted octanol–water partition coefficient (Wildman–Crippen LogP) is 1.35. The van der Waals surface area contributed by atoms with Gasteiger partial charge in [-0.15, -0.1) is 0 Å². The second-order valence-corrected chi connectivity index (χ2v) is 3.65. The van der Waals surface area contributed by atoms with Crippen molar-refractivity contribution in [3.8, 4) is 0 Å². The first-order valence-electron chi connectivity index (χ1n) is 5.49. The minimum Gasteiger partial charge on any atom is -0.467 e. The van der Waals surface area contributed by atoms with E-state index in [0.717, 1.165) is 17.8 Å². The topological polar surface area (TPSA) is 56.2 Å². The van der Waals surface area contributed by atoms with Gasteiger partial charge < -0.3 is 10.1 Å². The van der Waals surface area contributed by atoms with Crippen LogP contribution in [0.5, 0.6) is 0 Å². The Labute approximate surface area is 95.8 Å². The Morgan fingerprint density at radius 2 is 2.31 bits per heavy atom. The molecule has 1 aromatic rings. The molecule has 1 heterocycles. The van der Waals surface area contributed by atoms with E-state index in [9.17, 15) is 4.79 Å². The van der Waals surface area contributed by atoms with Gasteiger partial charge in [0.25, 0.3) is 0 Å². The molecule has 5 nitrogen and oxygen atoms in total. The molecule has 1 unspecified atom stereocenters. The Morgan fingerprint density at radius 3 is 2.81 bits per heavy atom. The number of hydrogen-bond acceptors (Lipinski definition) is 4. The fourth-order valence-electron chi connectivity index (χ4n) is 1.57. The lowest BCUT2D eigenvalue weighted by Gasteiger charge is -2.15. The van der Waals surface area contributed by atoms with Crippen molar-refractivity contribution < 1.29 is 9.53 Å². The number of hydrogen-bond donors (Lipinski definition) is 1. The van der Waals surface area contributed by atoms with Gasteiger partial charge in [0.15, 0.2) is 0 Å². The summed E-state index contributed by atoms with van der Waals surface area (Å²) in [6, 6.07) is -0.306. The van der Waals surface area contributed by atoms with Crippen molar-refractivity contribution >= 4 is 11.7 Å². The maximum absolute atomic E-state index is 11.4. The second kappa shape index (κ2) is 5.53. The number of methoxy groups -OCH3 is 1. The van der Waals surface area contributed by atoms with Crippen LogP contribution in [0.15, 0.2) is 6.20 Å². The molecule has 0 saturated heterocycles. The summed E-state index contributed by atoms with van der Waals surface area (Å²) < 4.78 is 6.47. The summed E-state index contributed by atoms with van der Waals surface area (Å²) in [5, 5.41) is 7.47. The van der Waals surface area contributed by atoms with E-state index in [-0.39, 0.29) is 12.0 Å². The standard InChI is InChI=1S/C11H19N3O2/c1-5-8-10(7-14(3)13-8)12-9(6-2)11(15)16-4/h7,9,12H,5-6H2,1-4H3. The van der Waals surface area contributed by atoms with Gasteiger partial charge >= 0.3 is 5.97 Å². The highest BCUT2D eigenvalue weighted by molar-refractivity contribution is 5.79. The van der Waals surface area contributed by atoms with Gasteiger partial charge in [-0.05, 0) is 12.8 Å². The van der Waals surface area contributed by atoms with Gasteiger partial charge in [-0.1, -0.05) is 13.8 Å². The molecule has 0 bridgehead atoms. The monoisotopic (exact) mass is 225 g/mol. The van der Waals surface area contributed by atoms with E-state index in [1.807, 2.05) is 27.1 Å². The zero-order valence-corrected chi connectivity index (χ0v) is 10.3. The predicted molar refractivity (Wildman–Crippen MR) is 62.3 cm³/mol. The van der Waals surface area contributed by atoms with Gasteiger partial charge in [-0.3, -0.25) is 4.68 Å². The van der Waals surface area contributed by atoms with Crippen LogP contribution in [-0.4, -0.2) is 28.9 Å². The van der Waals surface area contributed by atoms with Crippen molar-refractivity contribution in [1.82, 2.24) is 9.78 Å². The van der Waals surface area contributed by atoms with Crippen LogP contribution in [0.3, 0.4) is 0 Å². The molecule has 1 atom stereocenters. The lowest BCUT2D eigenvalue weighted by molar-refractivity contribution is -0.141. The first-order valence-corrected chi connectivity index (χ1v) is 5.49. The summed E-state index contributed by atoms with van der Waals surface area (Å²) in [7, 11) is 3.26. The highest BCUT2D eigenvalue weighted by Crippen LogP contribution is 2.16. The van der Waals surface area contributed by atoms with Gasteiger partial charge in [-0.2, -0.15) is 5.10 Å². The van der Waals surface area contributed by atoms with E-state index in [4.69, 9.17) is 4.74 Å². The highest BCUT2D eigenvalue weighted by atomic mass is 16.5. The summed E-state index contributed by atoms with van der Waals surface area (Å²) in [5.41, 5.74) is 1.87. The third-order valence-corrected chi connectivity index (χ3v) is 2.46. The second-order valence-electron chi connectivity index (χ2n) is 3.65. The summed E-state index contributed by atoms with van der Waals surface area (Å²) in [6.45, 7) is 3.98. The molecular weight excluding hydrogens is 206 g/mol. The van der Waals surface area contributed by atoms with Crippen LogP contribution in [0, 0.1) is 0 Å². The smallest absolute Gasteiger partial charge is 0.328 e. The number of rotatable bonds is 5. The molecule has 0 aliphatic rings. The molecule has 0 aromatic carbocycles. The van der Waals surface area contributed by atoms with Crippen LogP contribution < -0.4 is 5.32 Å². The molecule has 0 aliphatic heterocycles. The Balaban J connectivity index is 2.80. The van der Waals surface area contributed by atoms with E-state index in [2.05, 4.69) is 10.4 Å². The minimum atomic E-state index is -0.306. The van der Waals surface area contributed by atoms with Crippen LogP contribution in [-0.2, 0) is 23.0 Å². The van der Waals surface area contributed by atoms with Crippen molar-refractivity contribution in [1.29, 1.82) is 0 Å². The fourth-order valence-corrected chi connectivity index (χ4v) is 1.57. The van der Waals surface area contributed by atoms with Crippen molar-refractivity contribution in [3.63, 3.8) is 0 Å². The zero-order chi connectivity index (χ0) is 12.1. The van der Waals surface area contributed by atoms with Crippen LogP contribution in [0.2, 0.25) is 0 Å². The number of aryl methyl sites for hydroxylation is 2. The number of ether oxygens (including phenoxy) is 1. The normalized spacial score (nSPS) is 12.2. The minimum absolute atomic E-state index is 0.242. The van der Waals surface area contributed by atoms with Crippen molar-refractivity contribution in [2.45, 2.75) is 32.7 Å². The summed E-state index contributed by atoms with van der Waals surface area (Å²) in [4.78, 5) is 11.4. The Bertz CT molecular complexity index is 360. The third kappa shape index (κ3) is 2.74. The van der Waals surface area contributed by atoms with Gasteiger partial charge in [-0.25, -0.2) is 4.79 Å². The number of nitrogens with one attached hydrogen (secondary N) is 1. The zero-order valence-electron chi connectivity index (χ0n) is 10.3. The molecule has 0 spiro atoms. The number of aromatic nitrogens is 2. The van der Waals surface area contributed by atoms with E-state index in [0.29, 0.717) is 6.42 Å². The van der Waals surface area contributed by atoms with Gasteiger partial charge in [0, 0.05) is 13.2 Å². The molecule has 16 heavy (non-hydrogen) atoms. The average Bonchev–Trinajstić information content (AvgIpc) is 2.65. The highest BCUT2D eigenvalue weighted by Gasteiger charge is 2.18. The fraction of sp³-hybridized carbons (Fsp3) is 0.636. The molecule has 0 aliphatic carbocycles. The Morgan fingerprint density at radius 1 is 1.62 bits per heavy atom. The number of carbonyl (C=O) groups is 1. The summed E-state index contributed by atoms with van der Waals surface area (Å²) in [5.74, 6) is -0.242. The van der Waals surface area contributed by atoms with Crippen molar-refractivity contribution in [3.05, 3.63) is 11.9 Å². The number of nitrogens with zero attached hydrogens (tertiary/aromatic N) is 2. The van der Waals surface area contributed by atoms with Crippen LogP contribution in [0.25, 0.3) is 0 Å². The Kier molecular flexibility index (Phi) is 4.34. The maximum atomic E-state index is 11.4. The molecule has 1 N–H and O–H groups in total. The quantitative estimate of drug-likeness (QED) is 0.768. The first kappa shape index (κ1) is 12.5. The molecule has 1 rings (SSSR count).